The Bertz CT molecular complexity index is 1180. The molecule has 0 amide bonds. The molecule has 4 rings (SSSR count). The second kappa shape index (κ2) is 11.1. The van der Waals surface area contributed by atoms with Crippen LogP contribution in [0.1, 0.15) is 58.1 Å². The van der Waals surface area contributed by atoms with Gasteiger partial charge >= 0.3 is 5.97 Å². The lowest BCUT2D eigenvalue weighted by Gasteiger charge is -2.40. The lowest BCUT2D eigenvalue weighted by Crippen LogP contribution is -2.44. The molecule has 1 aliphatic rings. The lowest BCUT2D eigenvalue weighted by atomic mass is 9.72. The Hall–Kier alpha value is -2.70. The van der Waals surface area contributed by atoms with E-state index in [0.29, 0.717) is 41.4 Å². The number of benzene rings is 2. The normalized spacial score (nSPS) is 16.1. The van der Waals surface area contributed by atoms with Crippen molar-refractivity contribution < 1.29 is 14.4 Å². The SMILES string of the molecule is CC(C)Cc1ccc(-c2nc(-c3ccc(CN4CCC(CC(C)C)(C(=O)O)CC4)cc3)no2)cc1Cl. The molecule has 1 N–H and O–H groups in total. The molecule has 2 aromatic carbocycles. The zero-order chi connectivity index (χ0) is 25.9. The van der Waals surface area contributed by atoms with E-state index >= 15 is 0 Å². The number of piperidine rings is 1. The Morgan fingerprint density at radius 1 is 1.06 bits per heavy atom. The molecule has 0 spiro atoms. The minimum absolute atomic E-state index is 0.382. The van der Waals surface area contributed by atoms with Crippen molar-refractivity contribution in [3.8, 4) is 22.8 Å². The molecule has 3 aromatic rings. The number of likely N-dealkylation sites (tertiary alicyclic amines) is 1. The van der Waals surface area contributed by atoms with Gasteiger partial charge in [-0.1, -0.05) is 74.8 Å². The average molecular weight is 510 g/mol. The fraction of sp³-hybridized carbons (Fsp3) is 0.483. The molecular formula is C29H36ClN3O3. The second-order valence-electron chi connectivity index (χ2n) is 11.0. The predicted molar refractivity (Wildman–Crippen MR) is 143 cm³/mol. The average Bonchev–Trinajstić information content (AvgIpc) is 3.32. The Morgan fingerprint density at radius 2 is 1.72 bits per heavy atom. The first-order valence-electron chi connectivity index (χ1n) is 12.8. The van der Waals surface area contributed by atoms with E-state index in [0.717, 1.165) is 49.2 Å². The van der Waals surface area contributed by atoms with Crippen LogP contribution < -0.4 is 0 Å². The highest BCUT2D eigenvalue weighted by Gasteiger charge is 2.41. The number of hydrogen-bond donors (Lipinski definition) is 1. The molecule has 192 valence electrons. The molecule has 1 fully saturated rings. The van der Waals surface area contributed by atoms with Crippen LogP contribution in [0.25, 0.3) is 22.8 Å². The largest absolute Gasteiger partial charge is 0.481 e. The van der Waals surface area contributed by atoms with E-state index in [-0.39, 0.29) is 0 Å². The molecule has 1 aliphatic heterocycles. The van der Waals surface area contributed by atoms with Crippen LogP contribution in [0.3, 0.4) is 0 Å². The summed E-state index contributed by atoms with van der Waals surface area (Å²) in [6, 6.07) is 14.1. The third-order valence-electron chi connectivity index (χ3n) is 7.04. The van der Waals surface area contributed by atoms with Crippen LogP contribution >= 0.6 is 11.6 Å². The van der Waals surface area contributed by atoms with Gasteiger partial charge in [-0.25, -0.2) is 0 Å². The molecule has 7 heteroatoms. The smallest absolute Gasteiger partial charge is 0.309 e. The van der Waals surface area contributed by atoms with Crippen molar-refractivity contribution in [1.82, 2.24) is 15.0 Å². The third-order valence-corrected chi connectivity index (χ3v) is 7.39. The summed E-state index contributed by atoms with van der Waals surface area (Å²) in [6.07, 6.45) is 3.07. The zero-order valence-electron chi connectivity index (χ0n) is 21.6. The van der Waals surface area contributed by atoms with Crippen molar-refractivity contribution in [2.24, 2.45) is 17.3 Å². The fourth-order valence-corrected chi connectivity index (χ4v) is 5.44. The highest BCUT2D eigenvalue weighted by atomic mass is 35.5. The molecule has 2 heterocycles. The summed E-state index contributed by atoms with van der Waals surface area (Å²) >= 11 is 6.47. The fourth-order valence-electron chi connectivity index (χ4n) is 5.19. The van der Waals surface area contributed by atoms with Crippen LogP contribution in [0.4, 0.5) is 0 Å². The number of halogens is 1. The van der Waals surface area contributed by atoms with Crippen LogP contribution in [0, 0.1) is 17.3 Å². The van der Waals surface area contributed by atoms with Crippen LogP contribution in [-0.4, -0.2) is 39.2 Å². The van der Waals surface area contributed by atoms with Crippen LogP contribution in [-0.2, 0) is 17.8 Å². The van der Waals surface area contributed by atoms with Gasteiger partial charge in [0.1, 0.15) is 0 Å². The van der Waals surface area contributed by atoms with Crippen molar-refractivity contribution in [1.29, 1.82) is 0 Å². The Labute approximate surface area is 218 Å². The van der Waals surface area contributed by atoms with Gasteiger partial charge in [-0.2, -0.15) is 4.98 Å². The van der Waals surface area contributed by atoms with Crippen molar-refractivity contribution >= 4 is 17.6 Å². The molecule has 0 unspecified atom stereocenters. The van der Waals surface area contributed by atoms with Gasteiger partial charge < -0.3 is 9.63 Å². The Morgan fingerprint density at radius 3 is 2.31 bits per heavy atom. The highest BCUT2D eigenvalue weighted by Crippen LogP contribution is 2.38. The van der Waals surface area contributed by atoms with Crippen molar-refractivity contribution in [2.75, 3.05) is 13.1 Å². The van der Waals surface area contributed by atoms with Gasteiger partial charge in [0.25, 0.3) is 5.89 Å². The molecule has 0 saturated carbocycles. The van der Waals surface area contributed by atoms with E-state index in [1.54, 1.807) is 0 Å². The van der Waals surface area contributed by atoms with Gasteiger partial charge in [-0.3, -0.25) is 9.69 Å². The van der Waals surface area contributed by atoms with E-state index < -0.39 is 11.4 Å². The minimum atomic E-state index is -0.645. The van der Waals surface area contributed by atoms with Crippen LogP contribution in [0.5, 0.6) is 0 Å². The maximum atomic E-state index is 12.0. The van der Waals surface area contributed by atoms with E-state index in [4.69, 9.17) is 16.1 Å². The number of nitrogens with zero attached hydrogens (tertiary/aromatic N) is 3. The van der Waals surface area contributed by atoms with Crippen LogP contribution in [0.15, 0.2) is 47.0 Å². The number of carbonyl (C=O) groups is 1. The summed E-state index contributed by atoms with van der Waals surface area (Å²) < 4.78 is 5.52. The first kappa shape index (κ1) is 26.4. The topological polar surface area (TPSA) is 79.5 Å². The second-order valence-corrected chi connectivity index (χ2v) is 11.4. The molecular weight excluding hydrogens is 474 g/mol. The van der Waals surface area contributed by atoms with E-state index in [9.17, 15) is 9.90 Å². The van der Waals surface area contributed by atoms with Gasteiger partial charge in [-0.15, -0.1) is 0 Å². The zero-order valence-corrected chi connectivity index (χ0v) is 22.4. The van der Waals surface area contributed by atoms with Crippen molar-refractivity contribution in [2.45, 2.75) is 59.9 Å². The van der Waals surface area contributed by atoms with E-state index in [1.807, 2.05) is 30.3 Å². The minimum Gasteiger partial charge on any atom is -0.481 e. The number of carboxylic acid groups (broad SMARTS) is 1. The number of aromatic nitrogens is 2. The quantitative estimate of drug-likeness (QED) is 0.335. The van der Waals surface area contributed by atoms with Gasteiger partial charge in [0.15, 0.2) is 0 Å². The maximum Gasteiger partial charge on any atom is 0.309 e. The summed E-state index contributed by atoms with van der Waals surface area (Å²) in [6.45, 7) is 10.9. The summed E-state index contributed by atoms with van der Waals surface area (Å²) in [7, 11) is 0. The molecule has 36 heavy (non-hydrogen) atoms. The summed E-state index contributed by atoms with van der Waals surface area (Å²) in [5.41, 5.74) is 3.42. The monoisotopic (exact) mass is 509 g/mol. The van der Waals surface area contributed by atoms with Gasteiger partial charge in [0.05, 0.1) is 5.41 Å². The van der Waals surface area contributed by atoms with Crippen LogP contribution in [0.2, 0.25) is 5.02 Å². The number of carboxylic acids is 1. The molecule has 0 atom stereocenters. The number of hydrogen-bond acceptors (Lipinski definition) is 5. The highest BCUT2D eigenvalue weighted by molar-refractivity contribution is 6.31. The molecule has 1 aromatic heterocycles. The Balaban J connectivity index is 1.38. The van der Waals surface area contributed by atoms with Gasteiger partial charge in [0.2, 0.25) is 5.82 Å². The summed E-state index contributed by atoms with van der Waals surface area (Å²) in [4.78, 5) is 18.9. The van der Waals surface area contributed by atoms with Gasteiger partial charge in [0, 0.05) is 22.7 Å². The number of rotatable bonds is 9. The Kier molecular flexibility index (Phi) is 8.16. The van der Waals surface area contributed by atoms with E-state index in [1.165, 1.54) is 5.56 Å². The standard InChI is InChI=1S/C29H36ClN3O3/c1-19(2)15-23-9-10-24(16-25(23)30)27-31-26(32-36-27)22-7-5-21(6-8-22)18-33-13-11-29(12-14-33,28(34)35)17-20(3)4/h5-10,16,19-20H,11-15,17-18H2,1-4H3,(H,34,35). The number of aliphatic carboxylic acids is 1. The molecule has 1 saturated heterocycles. The first-order chi connectivity index (χ1) is 17.1. The maximum absolute atomic E-state index is 12.0. The van der Waals surface area contributed by atoms with Gasteiger partial charge in [-0.05, 0) is 73.9 Å². The lowest BCUT2D eigenvalue weighted by molar-refractivity contribution is -0.153. The summed E-state index contributed by atoms with van der Waals surface area (Å²) in [5.74, 6) is 1.26. The van der Waals surface area contributed by atoms with Crippen molar-refractivity contribution in [3.63, 3.8) is 0 Å². The molecule has 6 nitrogen and oxygen atoms in total. The molecule has 0 bridgehead atoms. The first-order valence-corrected chi connectivity index (χ1v) is 13.2. The van der Waals surface area contributed by atoms with E-state index in [2.05, 4.69) is 54.9 Å². The molecule has 0 aliphatic carbocycles. The predicted octanol–water partition coefficient (Wildman–Crippen LogP) is 6.97. The third kappa shape index (κ3) is 6.16. The van der Waals surface area contributed by atoms with Crippen molar-refractivity contribution in [3.05, 3.63) is 58.6 Å². The summed E-state index contributed by atoms with van der Waals surface area (Å²) in [5, 5.41) is 14.7. The molecule has 0 radical (unpaired) electrons.